The van der Waals surface area contributed by atoms with Crippen molar-refractivity contribution < 1.29 is 9.53 Å². The molecule has 18 heavy (non-hydrogen) atoms. The Morgan fingerprint density at radius 2 is 1.56 bits per heavy atom. The molecule has 0 atom stereocenters. The highest BCUT2D eigenvalue weighted by Gasteiger charge is 2.07. The van der Waals surface area contributed by atoms with Gasteiger partial charge >= 0.3 is 0 Å². The molecule has 0 spiro atoms. The fourth-order valence-corrected chi connectivity index (χ4v) is 2.08. The molecule has 0 N–H and O–H groups in total. The molecule has 0 aliphatic carbocycles. The molecule has 2 nitrogen and oxygen atoms in total. The SMILES string of the molecule is O=Cc1ccc(Cl)cc1Oc1cc(Cl)cc(Cl)c1. The third-order valence-corrected chi connectivity index (χ3v) is 2.84. The monoisotopic (exact) mass is 300 g/mol. The van der Waals surface area contributed by atoms with Gasteiger partial charge in [-0.05, 0) is 30.3 Å². The van der Waals surface area contributed by atoms with Crippen LogP contribution in [-0.4, -0.2) is 6.29 Å². The normalized spacial score (nSPS) is 10.2. The van der Waals surface area contributed by atoms with Crippen LogP contribution in [0.3, 0.4) is 0 Å². The standard InChI is InChI=1S/C13H7Cl3O2/c14-9-2-1-8(7-17)13(6-9)18-12-4-10(15)3-11(16)5-12/h1-7H. The van der Waals surface area contributed by atoms with Crippen molar-refractivity contribution in [1.29, 1.82) is 0 Å². The van der Waals surface area contributed by atoms with Crippen molar-refractivity contribution in [2.45, 2.75) is 0 Å². The summed E-state index contributed by atoms with van der Waals surface area (Å²) in [5.41, 5.74) is 0.399. The summed E-state index contributed by atoms with van der Waals surface area (Å²) in [4.78, 5) is 10.9. The van der Waals surface area contributed by atoms with Crippen molar-refractivity contribution in [3.05, 3.63) is 57.0 Å². The molecule has 2 rings (SSSR count). The highest BCUT2D eigenvalue weighted by Crippen LogP contribution is 2.31. The molecule has 0 bridgehead atoms. The Balaban J connectivity index is 2.38. The Labute approximate surface area is 119 Å². The predicted molar refractivity (Wildman–Crippen MR) is 73.4 cm³/mol. The first-order chi connectivity index (χ1) is 8.58. The molecule has 2 aromatic rings. The van der Waals surface area contributed by atoms with Gasteiger partial charge in [0.25, 0.3) is 0 Å². The van der Waals surface area contributed by atoms with E-state index < -0.39 is 0 Å². The first-order valence-electron chi connectivity index (χ1n) is 4.97. The molecule has 92 valence electrons. The minimum Gasteiger partial charge on any atom is -0.456 e. The topological polar surface area (TPSA) is 26.3 Å². The maximum absolute atomic E-state index is 10.9. The molecular weight excluding hydrogens is 294 g/mol. The number of rotatable bonds is 3. The van der Waals surface area contributed by atoms with E-state index >= 15 is 0 Å². The van der Waals surface area contributed by atoms with Crippen LogP contribution in [0.4, 0.5) is 0 Å². The predicted octanol–water partition coefficient (Wildman–Crippen LogP) is 5.25. The van der Waals surface area contributed by atoms with E-state index in [4.69, 9.17) is 39.5 Å². The summed E-state index contributed by atoms with van der Waals surface area (Å²) in [5, 5.41) is 1.38. The van der Waals surface area contributed by atoms with E-state index in [1.165, 1.54) is 0 Å². The molecule has 0 amide bonds. The number of hydrogen-bond donors (Lipinski definition) is 0. The van der Waals surface area contributed by atoms with Crippen LogP contribution in [0.5, 0.6) is 11.5 Å². The summed E-state index contributed by atoms with van der Waals surface area (Å²) < 4.78 is 5.56. The van der Waals surface area contributed by atoms with Gasteiger partial charge in [0.05, 0.1) is 5.56 Å². The second-order valence-electron chi connectivity index (χ2n) is 3.51. The maximum Gasteiger partial charge on any atom is 0.153 e. The first-order valence-corrected chi connectivity index (χ1v) is 6.10. The number of halogens is 3. The second kappa shape index (κ2) is 5.61. The van der Waals surface area contributed by atoms with Crippen molar-refractivity contribution in [1.82, 2.24) is 0 Å². The fraction of sp³-hybridized carbons (Fsp3) is 0. The van der Waals surface area contributed by atoms with Gasteiger partial charge in [-0.1, -0.05) is 34.8 Å². The number of benzene rings is 2. The van der Waals surface area contributed by atoms with Gasteiger partial charge in [0.15, 0.2) is 6.29 Å². The van der Waals surface area contributed by atoms with Crippen molar-refractivity contribution in [2.75, 3.05) is 0 Å². The molecule has 0 aromatic heterocycles. The van der Waals surface area contributed by atoms with Gasteiger partial charge in [-0.25, -0.2) is 0 Å². The largest absolute Gasteiger partial charge is 0.456 e. The number of aldehydes is 1. The van der Waals surface area contributed by atoms with Gasteiger partial charge in [-0.2, -0.15) is 0 Å². The lowest BCUT2D eigenvalue weighted by Crippen LogP contribution is -1.90. The molecule has 0 radical (unpaired) electrons. The van der Waals surface area contributed by atoms with Crippen LogP contribution in [0.1, 0.15) is 10.4 Å². The lowest BCUT2D eigenvalue weighted by atomic mass is 10.2. The van der Waals surface area contributed by atoms with Crippen LogP contribution in [0, 0.1) is 0 Å². The highest BCUT2D eigenvalue weighted by atomic mass is 35.5. The van der Waals surface area contributed by atoms with Crippen molar-refractivity contribution in [2.24, 2.45) is 0 Å². The van der Waals surface area contributed by atoms with E-state index in [-0.39, 0.29) is 0 Å². The number of ether oxygens (including phenoxy) is 1. The molecule has 0 unspecified atom stereocenters. The quantitative estimate of drug-likeness (QED) is 0.724. The number of carbonyl (C=O) groups excluding carboxylic acids is 1. The Kier molecular flexibility index (Phi) is 4.12. The van der Waals surface area contributed by atoms with E-state index in [9.17, 15) is 4.79 Å². The molecule has 0 saturated carbocycles. The van der Waals surface area contributed by atoms with Crippen molar-refractivity contribution in [3.63, 3.8) is 0 Å². The Bertz CT molecular complexity index is 577. The van der Waals surface area contributed by atoms with Gasteiger partial charge in [-0.15, -0.1) is 0 Å². The summed E-state index contributed by atoms with van der Waals surface area (Å²) in [5.74, 6) is 0.800. The molecule has 5 heteroatoms. The zero-order chi connectivity index (χ0) is 13.1. The lowest BCUT2D eigenvalue weighted by Gasteiger charge is -2.09. The van der Waals surface area contributed by atoms with Gasteiger partial charge in [0.2, 0.25) is 0 Å². The van der Waals surface area contributed by atoms with E-state index in [1.54, 1.807) is 36.4 Å². The average molecular weight is 302 g/mol. The zero-order valence-electron chi connectivity index (χ0n) is 8.99. The van der Waals surface area contributed by atoms with Gasteiger partial charge < -0.3 is 4.74 Å². The molecule has 0 saturated heterocycles. The lowest BCUT2D eigenvalue weighted by molar-refractivity contribution is 0.112. The van der Waals surface area contributed by atoms with Crippen LogP contribution in [0.2, 0.25) is 15.1 Å². The van der Waals surface area contributed by atoms with E-state index in [0.29, 0.717) is 38.4 Å². The summed E-state index contributed by atoms with van der Waals surface area (Å²) in [7, 11) is 0. The third kappa shape index (κ3) is 3.16. The van der Waals surface area contributed by atoms with Gasteiger partial charge in [-0.3, -0.25) is 4.79 Å². The first kappa shape index (κ1) is 13.2. The van der Waals surface area contributed by atoms with Crippen LogP contribution in [0.25, 0.3) is 0 Å². The van der Waals surface area contributed by atoms with Crippen molar-refractivity contribution in [3.8, 4) is 11.5 Å². The summed E-state index contributed by atoms with van der Waals surface area (Å²) >= 11 is 17.6. The Hall–Kier alpha value is -1.22. The molecule has 0 fully saturated rings. The van der Waals surface area contributed by atoms with E-state index in [2.05, 4.69) is 0 Å². The number of hydrogen-bond acceptors (Lipinski definition) is 2. The van der Waals surface area contributed by atoms with Crippen LogP contribution >= 0.6 is 34.8 Å². The van der Waals surface area contributed by atoms with Crippen LogP contribution < -0.4 is 4.74 Å². The minimum atomic E-state index is 0.357. The molecular formula is C13H7Cl3O2. The zero-order valence-corrected chi connectivity index (χ0v) is 11.3. The van der Waals surface area contributed by atoms with Crippen molar-refractivity contribution >= 4 is 41.1 Å². The average Bonchev–Trinajstić information content (AvgIpc) is 2.27. The summed E-state index contributed by atoms with van der Waals surface area (Å²) in [6.45, 7) is 0. The number of carbonyl (C=O) groups is 1. The van der Waals surface area contributed by atoms with E-state index in [0.717, 1.165) is 0 Å². The van der Waals surface area contributed by atoms with Gasteiger partial charge in [0.1, 0.15) is 11.5 Å². The van der Waals surface area contributed by atoms with Gasteiger partial charge in [0, 0.05) is 21.1 Å². The van der Waals surface area contributed by atoms with E-state index in [1.807, 2.05) is 0 Å². The molecule has 0 aliphatic rings. The smallest absolute Gasteiger partial charge is 0.153 e. The molecule has 0 heterocycles. The fourth-order valence-electron chi connectivity index (χ4n) is 1.41. The summed E-state index contributed by atoms with van der Waals surface area (Å²) in [6, 6.07) is 9.54. The third-order valence-electron chi connectivity index (χ3n) is 2.17. The molecule has 2 aromatic carbocycles. The second-order valence-corrected chi connectivity index (χ2v) is 4.82. The minimum absolute atomic E-state index is 0.357. The maximum atomic E-state index is 10.9. The van der Waals surface area contributed by atoms with Crippen LogP contribution in [-0.2, 0) is 0 Å². The highest BCUT2D eigenvalue weighted by molar-refractivity contribution is 6.34. The summed E-state index contributed by atoms with van der Waals surface area (Å²) in [6.07, 6.45) is 0.692. The molecule has 0 aliphatic heterocycles. The Morgan fingerprint density at radius 1 is 0.889 bits per heavy atom. The Morgan fingerprint density at radius 3 is 2.17 bits per heavy atom. The van der Waals surface area contributed by atoms with Crippen LogP contribution in [0.15, 0.2) is 36.4 Å².